The zero-order valence-corrected chi connectivity index (χ0v) is 16.9. The van der Waals surface area contributed by atoms with Crippen LogP contribution in [-0.2, 0) is 9.84 Å². The van der Waals surface area contributed by atoms with E-state index in [4.69, 9.17) is 0 Å². The Hall–Kier alpha value is -0.860. The fourth-order valence-corrected chi connectivity index (χ4v) is 4.71. The standard InChI is InChI=1S/C17H35N5O2S/c1-17(2,22-8-5-4-6-9-22)15-20-16(18-3)19-7-10-21-11-13-25(23,24)14-12-21/h4-15H2,1-3H3,(H2,18,19,20). The molecule has 2 N–H and O–H groups in total. The minimum atomic E-state index is -2.80. The van der Waals surface area contributed by atoms with Crippen LogP contribution in [0.3, 0.4) is 0 Å². The molecule has 2 aliphatic rings. The number of aliphatic imine (C=N–C) groups is 1. The van der Waals surface area contributed by atoms with Gasteiger partial charge in [-0.05, 0) is 39.8 Å². The Morgan fingerprint density at radius 3 is 2.28 bits per heavy atom. The lowest BCUT2D eigenvalue weighted by molar-refractivity contribution is 0.0982. The van der Waals surface area contributed by atoms with Crippen molar-refractivity contribution in [2.45, 2.75) is 38.6 Å². The number of guanidine groups is 1. The lowest BCUT2D eigenvalue weighted by atomic mass is 9.98. The number of nitrogens with zero attached hydrogens (tertiary/aromatic N) is 3. The third-order valence-electron chi connectivity index (χ3n) is 5.28. The maximum absolute atomic E-state index is 11.5. The van der Waals surface area contributed by atoms with Gasteiger partial charge in [0.1, 0.15) is 0 Å². The molecule has 2 aliphatic heterocycles. The minimum Gasteiger partial charge on any atom is -0.355 e. The molecule has 2 heterocycles. The van der Waals surface area contributed by atoms with Gasteiger partial charge in [-0.3, -0.25) is 14.8 Å². The van der Waals surface area contributed by atoms with E-state index in [2.05, 4.69) is 39.3 Å². The van der Waals surface area contributed by atoms with Crippen LogP contribution in [0.1, 0.15) is 33.1 Å². The van der Waals surface area contributed by atoms with Crippen LogP contribution in [0.15, 0.2) is 4.99 Å². The highest BCUT2D eigenvalue weighted by atomic mass is 32.2. The summed E-state index contributed by atoms with van der Waals surface area (Å²) in [5.41, 5.74) is 0.110. The molecular weight excluding hydrogens is 338 g/mol. The predicted molar refractivity (Wildman–Crippen MR) is 104 cm³/mol. The van der Waals surface area contributed by atoms with Gasteiger partial charge in [0.2, 0.25) is 0 Å². The van der Waals surface area contributed by atoms with Crippen molar-refractivity contribution < 1.29 is 8.42 Å². The number of piperidine rings is 1. The van der Waals surface area contributed by atoms with Crippen molar-refractivity contribution in [3.63, 3.8) is 0 Å². The zero-order chi connectivity index (χ0) is 18.3. The number of hydrogen-bond acceptors (Lipinski definition) is 5. The highest BCUT2D eigenvalue weighted by molar-refractivity contribution is 7.91. The Balaban J connectivity index is 1.68. The molecule has 0 saturated carbocycles. The lowest BCUT2D eigenvalue weighted by Crippen LogP contribution is -2.55. The molecule has 25 heavy (non-hydrogen) atoms. The van der Waals surface area contributed by atoms with Crippen LogP contribution in [0.25, 0.3) is 0 Å². The molecule has 0 aromatic heterocycles. The maximum Gasteiger partial charge on any atom is 0.191 e. The van der Waals surface area contributed by atoms with E-state index in [1.807, 2.05) is 0 Å². The van der Waals surface area contributed by atoms with Crippen molar-refractivity contribution in [2.75, 3.05) is 64.4 Å². The molecule has 0 aliphatic carbocycles. The summed E-state index contributed by atoms with van der Waals surface area (Å²) in [5.74, 6) is 1.38. The van der Waals surface area contributed by atoms with Gasteiger partial charge in [-0.25, -0.2) is 8.42 Å². The van der Waals surface area contributed by atoms with E-state index in [1.165, 1.54) is 32.4 Å². The quantitative estimate of drug-likeness (QED) is 0.510. The lowest BCUT2D eigenvalue weighted by Gasteiger charge is -2.41. The molecule has 0 spiro atoms. The summed E-state index contributed by atoms with van der Waals surface area (Å²) in [7, 11) is -1.01. The van der Waals surface area contributed by atoms with Gasteiger partial charge in [-0.15, -0.1) is 0 Å². The SMILES string of the molecule is CN=C(NCCN1CCS(=O)(=O)CC1)NCC(C)(C)N1CCCCC1. The second-order valence-corrected chi connectivity index (χ2v) is 10.0. The average Bonchev–Trinajstić information content (AvgIpc) is 2.60. The second kappa shape index (κ2) is 9.19. The van der Waals surface area contributed by atoms with Crippen LogP contribution in [-0.4, -0.2) is 94.1 Å². The van der Waals surface area contributed by atoms with Crippen LogP contribution in [0.2, 0.25) is 0 Å². The second-order valence-electron chi connectivity index (χ2n) is 7.71. The van der Waals surface area contributed by atoms with Crippen LogP contribution in [0, 0.1) is 0 Å². The van der Waals surface area contributed by atoms with Gasteiger partial charge >= 0.3 is 0 Å². The van der Waals surface area contributed by atoms with Gasteiger partial charge in [-0.2, -0.15) is 0 Å². The molecule has 2 rings (SSSR count). The first-order valence-corrected chi connectivity index (χ1v) is 11.3. The molecule has 0 radical (unpaired) electrons. The molecular formula is C17H35N5O2S. The Morgan fingerprint density at radius 2 is 1.68 bits per heavy atom. The highest BCUT2D eigenvalue weighted by Crippen LogP contribution is 2.19. The van der Waals surface area contributed by atoms with Gasteiger partial charge in [0.15, 0.2) is 15.8 Å². The first kappa shape index (κ1) is 20.5. The van der Waals surface area contributed by atoms with E-state index in [9.17, 15) is 8.42 Å². The summed E-state index contributed by atoms with van der Waals surface area (Å²) >= 11 is 0. The number of likely N-dealkylation sites (tertiary alicyclic amines) is 1. The summed E-state index contributed by atoms with van der Waals surface area (Å²) in [5, 5.41) is 6.78. The van der Waals surface area contributed by atoms with Crippen molar-refractivity contribution in [1.82, 2.24) is 20.4 Å². The van der Waals surface area contributed by atoms with Crippen LogP contribution >= 0.6 is 0 Å². The third-order valence-corrected chi connectivity index (χ3v) is 6.89. The molecule has 7 nitrogen and oxygen atoms in total. The summed E-state index contributed by atoms with van der Waals surface area (Å²) in [6.07, 6.45) is 3.94. The van der Waals surface area contributed by atoms with Crippen molar-refractivity contribution in [3.05, 3.63) is 0 Å². The van der Waals surface area contributed by atoms with Crippen molar-refractivity contribution in [3.8, 4) is 0 Å². The molecule has 0 unspecified atom stereocenters. The molecule has 0 aromatic carbocycles. The van der Waals surface area contributed by atoms with E-state index in [0.29, 0.717) is 13.1 Å². The molecule has 0 aromatic rings. The molecule has 2 saturated heterocycles. The van der Waals surface area contributed by atoms with E-state index in [0.717, 1.165) is 25.6 Å². The third kappa shape index (κ3) is 6.75. The van der Waals surface area contributed by atoms with Gasteiger partial charge in [-0.1, -0.05) is 6.42 Å². The molecule has 8 heteroatoms. The van der Waals surface area contributed by atoms with Gasteiger partial charge < -0.3 is 10.6 Å². The Bertz CT molecular complexity index is 527. The topological polar surface area (TPSA) is 77.0 Å². The Kier molecular flexibility index (Phi) is 7.51. The number of sulfone groups is 1. The van der Waals surface area contributed by atoms with E-state index < -0.39 is 9.84 Å². The average molecular weight is 374 g/mol. The molecule has 2 fully saturated rings. The van der Waals surface area contributed by atoms with E-state index in [1.54, 1.807) is 7.05 Å². The molecule has 0 amide bonds. The first-order chi connectivity index (χ1) is 11.8. The first-order valence-electron chi connectivity index (χ1n) is 9.45. The molecule has 146 valence electrons. The van der Waals surface area contributed by atoms with Gasteiger partial charge in [0.05, 0.1) is 11.5 Å². The highest BCUT2D eigenvalue weighted by Gasteiger charge is 2.28. The molecule has 0 atom stereocenters. The smallest absolute Gasteiger partial charge is 0.191 e. The van der Waals surface area contributed by atoms with Crippen LogP contribution in [0.5, 0.6) is 0 Å². The van der Waals surface area contributed by atoms with Crippen molar-refractivity contribution in [2.24, 2.45) is 4.99 Å². The largest absolute Gasteiger partial charge is 0.355 e. The molecule has 0 bridgehead atoms. The monoisotopic (exact) mass is 373 g/mol. The minimum absolute atomic E-state index is 0.110. The fourth-order valence-electron chi connectivity index (χ4n) is 3.44. The van der Waals surface area contributed by atoms with E-state index >= 15 is 0 Å². The Morgan fingerprint density at radius 1 is 1.04 bits per heavy atom. The summed E-state index contributed by atoms with van der Waals surface area (Å²) in [6.45, 7) is 10.7. The number of rotatable bonds is 6. The number of nitrogens with one attached hydrogen (secondary N) is 2. The summed E-state index contributed by atoms with van der Waals surface area (Å²) in [4.78, 5) is 9.06. The predicted octanol–water partition coefficient (Wildman–Crippen LogP) is 0.146. The summed E-state index contributed by atoms with van der Waals surface area (Å²) in [6, 6.07) is 0. The van der Waals surface area contributed by atoms with Gasteiger partial charge in [0.25, 0.3) is 0 Å². The van der Waals surface area contributed by atoms with Crippen molar-refractivity contribution in [1.29, 1.82) is 0 Å². The maximum atomic E-state index is 11.5. The van der Waals surface area contributed by atoms with E-state index in [-0.39, 0.29) is 17.0 Å². The fraction of sp³-hybridized carbons (Fsp3) is 0.941. The zero-order valence-electron chi connectivity index (χ0n) is 16.1. The Labute approximate surface area is 153 Å². The van der Waals surface area contributed by atoms with Gasteiger partial charge in [0, 0.05) is 45.3 Å². The van der Waals surface area contributed by atoms with Crippen LogP contribution in [0.4, 0.5) is 0 Å². The summed E-state index contributed by atoms with van der Waals surface area (Å²) < 4.78 is 22.9. The normalized spacial score (nSPS) is 23.4. The number of hydrogen-bond donors (Lipinski definition) is 2. The van der Waals surface area contributed by atoms with Crippen molar-refractivity contribution >= 4 is 15.8 Å². The van der Waals surface area contributed by atoms with Crippen LogP contribution < -0.4 is 10.6 Å².